The molecule has 1 N–H and O–H groups in total. The summed E-state index contributed by atoms with van der Waals surface area (Å²) in [6, 6.07) is 0.931. The van der Waals surface area contributed by atoms with E-state index in [1.165, 1.54) is 4.90 Å². The second kappa shape index (κ2) is 7.82. The number of hydrogen-bond donors (Lipinski definition) is 1. The first-order valence-electron chi connectivity index (χ1n) is 7.28. The molecule has 10 heteroatoms. The van der Waals surface area contributed by atoms with E-state index in [4.69, 9.17) is 0 Å². The van der Waals surface area contributed by atoms with E-state index >= 15 is 0 Å². The normalized spacial score (nSPS) is 18.7. The monoisotopic (exact) mass is 390 g/mol. The maximum atomic E-state index is 12.9. The fourth-order valence-electron chi connectivity index (χ4n) is 2.66. The number of alkyl halides is 6. The number of likely N-dealkylation sites (N-methyl/N-ethyl adjacent to an activating group) is 1. The third-order valence-electron chi connectivity index (χ3n) is 3.95. The molecule has 1 heterocycles. The van der Waals surface area contributed by atoms with E-state index in [-0.39, 0.29) is 31.1 Å². The molecule has 2 rings (SSSR count). The van der Waals surface area contributed by atoms with Gasteiger partial charge < -0.3 is 10.2 Å². The summed E-state index contributed by atoms with van der Waals surface area (Å²) >= 11 is 0. The summed E-state index contributed by atoms with van der Waals surface area (Å²) < 4.78 is 77.1. The maximum Gasteiger partial charge on any atom is 0.416 e. The summed E-state index contributed by atoms with van der Waals surface area (Å²) in [7, 11) is 1.69. The van der Waals surface area contributed by atoms with Crippen molar-refractivity contribution in [2.75, 3.05) is 20.1 Å². The van der Waals surface area contributed by atoms with Crippen molar-refractivity contribution >= 4 is 18.3 Å². The quantitative estimate of drug-likeness (QED) is 0.775. The minimum Gasteiger partial charge on any atom is -0.337 e. The Morgan fingerprint density at radius 3 is 2.04 bits per heavy atom. The topological polar surface area (TPSA) is 32.3 Å². The first-order chi connectivity index (χ1) is 11.0. The Bertz CT molecular complexity index is 585. The van der Waals surface area contributed by atoms with Crippen molar-refractivity contribution in [3.05, 3.63) is 34.9 Å². The second-order valence-corrected chi connectivity index (χ2v) is 5.67. The molecule has 1 atom stereocenters. The van der Waals surface area contributed by atoms with Gasteiger partial charge in [-0.3, -0.25) is 4.79 Å². The van der Waals surface area contributed by atoms with Gasteiger partial charge in [0.05, 0.1) is 11.1 Å². The lowest BCUT2D eigenvalue weighted by atomic mass is 10.0. The molecule has 0 radical (unpaired) electrons. The number of piperidine rings is 1. The zero-order valence-corrected chi connectivity index (χ0v) is 14.0. The van der Waals surface area contributed by atoms with Gasteiger partial charge in [0.1, 0.15) is 0 Å². The van der Waals surface area contributed by atoms with Crippen LogP contribution in [-0.2, 0) is 12.4 Å². The zero-order chi connectivity index (χ0) is 18.1. The molecule has 1 aromatic carbocycles. The van der Waals surface area contributed by atoms with Crippen molar-refractivity contribution in [3.8, 4) is 0 Å². The van der Waals surface area contributed by atoms with Crippen LogP contribution in [0.3, 0.4) is 0 Å². The molecule has 0 aromatic heterocycles. The van der Waals surface area contributed by atoms with Crippen LogP contribution in [0, 0.1) is 0 Å². The Labute approximate surface area is 146 Å². The average molecular weight is 391 g/mol. The number of carbonyl (C=O) groups is 1. The van der Waals surface area contributed by atoms with Crippen LogP contribution in [0.15, 0.2) is 18.2 Å². The number of nitrogens with zero attached hydrogens (tertiary/aromatic N) is 1. The van der Waals surface area contributed by atoms with Gasteiger partial charge in [-0.15, -0.1) is 12.4 Å². The van der Waals surface area contributed by atoms with Gasteiger partial charge in [0.15, 0.2) is 0 Å². The first kappa shape index (κ1) is 21.6. The highest BCUT2D eigenvalue weighted by Crippen LogP contribution is 2.36. The molecule has 0 saturated carbocycles. The van der Waals surface area contributed by atoms with Crippen LogP contribution in [0.2, 0.25) is 0 Å². The van der Waals surface area contributed by atoms with E-state index in [0.29, 0.717) is 25.1 Å². The number of likely N-dealkylation sites (tertiary alicyclic amines) is 1. The predicted molar refractivity (Wildman–Crippen MR) is 81.7 cm³/mol. The fourth-order valence-corrected chi connectivity index (χ4v) is 2.66. The Balaban J connectivity index is 0.00000312. The number of halogens is 7. The van der Waals surface area contributed by atoms with E-state index < -0.39 is 35.0 Å². The van der Waals surface area contributed by atoms with Gasteiger partial charge in [-0.1, -0.05) is 0 Å². The number of benzene rings is 1. The Kier molecular flexibility index (Phi) is 6.74. The first-order valence-corrected chi connectivity index (χ1v) is 7.28. The van der Waals surface area contributed by atoms with Crippen LogP contribution in [0.4, 0.5) is 26.3 Å². The standard InChI is InChI=1S/C15H16F6N2O.ClH/c1-22-12-3-2-4-23(8-12)13(24)9-5-10(14(16,17)18)7-11(6-9)15(19,20)21;/h5-7,12,22H,2-4,8H2,1H3;1H. The smallest absolute Gasteiger partial charge is 0.337 e. The molecule has 25 heavy (non-hydrogen) atoms. The van der Waals surface area contributed by atoms with Gasteiger partial charge >= 0.3 is 12.4 Å². The van der Waals surface area contributed by atoms with Crippen molar-refractivity contribution in [2.45, 2.75) is 31.2 Å². The molecule has 1 saturated heterocycles. The molecule has 0 aliphatic carbocycles. The van der Waals surface area contributed by atoms with Gasteiger partial charge in [-0.05, 0) is 38.1 Å². The van der Waals surface area contributed by atoms with Crippen molar-refractivity contribution < 1.29 is 31.1 Å². The zero-order valence-electron chi connectivity index (χ0n) is 13.2. The Morgan fingerprint density at radius 1 is 1.08 bits per heavy atom. The highest BCUT2D eigenvalue weighted by Gasteiger charge is 2.38. The molecule has 142 valence electrons. The van der Waals surface area contributed by atoms with Gasteiger partial charge in [0.25, 0.3) is 5.91 Å². The summed E-state index contributed by atoms with van der Waals surface area (Å²) in [6.45, 7) is 0.543. The average Bonchev–Trinajstić information content (AvgIpc) is 2.52. The number of carbonyl (C=O) groups excluding carboxylic acids is 1. The molecule has 1 aromatic rings. The number of hydrogen-bond acceptors (Lipinski definition) is 2. The fraction of sp³-hybridized carbons (Fsp3) is 0.533. The highest BCUT2D eigenvalue weighted by atomic mass is 35.5. The Hall–Kier alpha value is -1.48. The van der Waals surface area contributed by atoms with E-state index in [1.807, 2.05) is 0 Å². The van der Waals surface area contributed by atoms with Crippen LogP contribution in [0.5, 0.6) is 0 Å². The molecule has 1 amide bonds. The lowest BCUT2D eigenvalue weighted by Gasteiger charge is -2.32. The molecule has 3 nitrogen and oxygen atoms in total. The minimum atomic E-state index is -4.97. The molecular formula is C15H17ClF6N2O. The second-order valence-electron chi connectivity index (χ2n) is 5.67. The van der Waals surface area contributed by atoms with Gasteiger partial charge in [-0.25, -0.2) is 0 Å². The molecular weight excluding hydrogens is 374 g/mol. The summed E-state index contributed by atoms with van der Waals surface area (Å²) in [4.78, 5) is 13.7. The minimum absolute atomic E-state index is 0. The van der Waals surface area contributed by atoms with Gasteiger partial charge in [0.2, 0.25) is 0 Å². The number of rotatable bonds is 2. The largest absolute Gasteiger partial charge is 0.416 e. The van der Waals surface area contributed by atoms with Crippen LogP contribution >= 0.6 is 12.4 Å². The summed E-state index contributed by atoms with van der Waals surface area (Å²) in [6.07, 6.45) is -8.52. The maximum absolute atomic E-state index is 12.9. The van der Waals surface area contributed by atoms with Crippen molar-refractivity contribution in [2.24, 2.45) is 0 Å². The molecule has 1 aliphatic rings. The van der Waals surface area contributed by atoms with E-state index in [1.54, 1.807) is 7.05 Å². The van der Waals surface area contributed by atoms with Crippen LogP contribution < -0.4 is 5.32 Å². The highest BCUT2D eigenvalue weighted by molar-refractivity contribution is 5.94. The van der Waals surface area contributed by atoms with Crippen molar-refractivity contribution in [3.63, 3.8) is 0 Å². The van der Waals surface area contributed by atoms with E-state index in [9.17, 15) is 31.1 Å². The number of amides is 1. The lowest BCUT2D eigenvalue weighted by molar-refractivity contribution is -0.143. The van der Waals surface area contributed by atoms with E-state index in [0.717, 1.165) is 6.42 Å². The molecule has 0 bridgehead atoms. The Morgan fingerprint density at radius 2 is 1.60 bits per heavy atom. The third kappa shape index (κ3) is 5.24. The molecule has 0 spiro atoms. The molecule has 1 unspecified atom stereocenters. The summed E-state index contributed by atoms with van der Waals surface area (Å²) in [5.41, 5.74) is -3.57. The molecule has 1 fully saturated rings. The van der Waals surface area contributed by atoms with E-state index in [2.05, 4.69) is 5.32 Å². The van der Waals surface area contributed by atoms with Crippen molar-refractivity contribution in [1.29, 1.82) is 0 Å². The van der Waals surface area contributed by atoms with Crippen LogP contribution in [0.25, 0.3) is 0 Å². The van der Waals surface area contributed by atoms with Gasteiger partial charge in [-0.2, -0.15) is 26.3 Å². The van der Waals surface area contributed by atoms with Gasteiger partial charge in [0, 0.05) is 24.7 Å². The molecule has 1 aliphatic heterocycles. The van der Waals surface area contributed by atoms with Crippen LogP contribution in [-0.4, -0.2) is 37.0 Å². The summed E-state index contributed by atoms with van der Waals surface area (Å²) in [5.74, 6) is -0.827. The third-order valence-corrected chi connectivity index (χ3v) is 3.95. The SMILES string of the molecule is CNC1CCCN(C(=O)c2cc(C(F)(F)F)cc(C(F)(F)F)c2)C1.Cl. The lowest BCUT2D eigenvalue weighted by Crippen LogP contribution is -2.47. The summed E-state index contributed by atoms with van der Waals surface area (Å²) in [5, 5.41) is 2.96. The number of nitrogens with one attached hydrogen (secondary N) is 1. The van der Waals surface area contributed by atoms with Crippen molar-refractivity contribution in [1.82, 2.24) is 10.2 Å². The van der Waals surface area contributed by atoms with Crippen LogP contribution in [0.1, 0.15) is 34.3 Å². The predicted octanol–water partition coefficient (Wildman–Crippen LogP) is 3.97.